The van der Waals surface area contributed by atoms with E-state index in [1.807, 2.05) is 29.2 Å². The Kier molecular flexibility index (Phi) is 5.99. The summed E-state index contributed by atoms with van der Waals surface area (Å²) in [5.74, 6) is 1.09. The predicted molar refractivity (Wildman–Crippen MR) is 103 cm³/mol. The summed E-state index contributed by atoms with van der Waals surface area (Å²) in [6, 6.07) is 7.82. The zero-order chi connectivity index (χ0) is 18.7. The third-order valence-corrected chi connectivity index (χ3v) is 7.14. The van der Waals surface area contributed by atoms with Gasteiger partial charge in [-0.15, -0.1) is 0 Å². The highest BCUT2D eigenvalue weighted by Gasteiger charge is 2.29. The van der Waals surface area contributed by atoms with Gasteiger partial charge in [0.1, 0.15) is 0 Å². The summed E-state index contributed by atoms with van der Waals surface area (Å²) in [4.78, 5) is 17.0. The van der Waals surface area contributed by atoms with Crippen molar-refractivity contribution >= 4 is 15.7 Å². The number of benzene rings is 1. The number of amides is 1. The highest BCUT2D eigenvalue weighted by molar-refractivity contribution is 7.91. The molecule has 2 N–H and O–H groups in total. The Morgan fingerprint density at radius 3 is 2.65 bits per heavy atom. The molecule has 3 rings (SSSR count). The molecule has 144 valence electrons. The molecule has 0 aliphatic carbocycles. The predicted octanol–water partition coefficient (Wildman–Crippen LogP) is 1.12. The van der Waals surface area contributed by atoms with Crippen molar-refractivity contribution < 1.29 is 13.2 Å². The Morgan fingerprint density at radius 2 is 1.96 bits per heavy atom. The van der Waals surface area contributed by atoms with Crippen LogP contribution in [-0.2, 0) is 16.4 Å². The highest BCUT2D eigenvalue weighted by Crippen LogP contribution is 2.24. The van der Waals surface area contributed by atoms with E-state index in [4.69, 9.17) is 5.73 Å². The van der Waals surface area contributed by atoms with E-state index < -0.39 is 9.84 Å². The average Bonchev–Trinajstić information content (AvgIpc) is 2.63. The van der Waals surface area contributed by atoms with Gasteiger partial charge in [-0.05, 0) is 36.5 Å². The van der Waals surface area contributed by atoms with Crippen LogP contribution in [0.4, 0.5) is 0 Å². The number of piperidine rings is 1. The van der Waals surface area contributed by atoms with Gasteiger partial charge >= 0.3 is 0 Å². The fourth-order valence-electron chi connectivity index (χ4n) is 3.88. The number of rotatable bonds is 4. The van der Waals surface area contributed by atoms with Gasteiger partial charge in [-0.25, -0.2) is 8.42 Å². The molecule has 0 aromatic heterocycles. The van der Waals surface area contributed by atoms with Gasteiger partial charge in [0.05, 0.1) is 11.5 Å². The first kappa shape index (κ1) is 19.3. The molecule has 0 saturated carbocycles. The topological polar surface area (TPSA) is 83.7 Å². The fraction of sp³-hybridized carbons (Fsp3) is 0.632. The number of nitrogens with two attached hydrogens (primary N) is 1. The van der Waals surface area contributed by atoms with Crippen LogP contribution in [0.1, 0.15) is 35.7 Å². The molecule has 1 aromatic rings. The lowest BCUT2D eigenvalue weighted by atomic mass is 9.91. The second-order valence-electron chi connectivity index (χ2n) is 7.65. The van der Waals surface area contributed by atoms with E-state index in [1.54, 1.807) is 0 Å². The summed E-state index contributed by atoms with van der Waals surface area (Å²) in [5.41, 5.74) is 7.64. The number of carbonyl (C=O) groups is 1. The van der Waals surface area contributed by atoms with Crippen molar-refractivity contribution in [1.29, 1.82) is 0 Å². The lowest BCUT2D eigenvalue weighted by molar-refractivity contribution is 0.0573. The first-order valence-electron chi connectivity index (χ1n) is 9.41. The molecule has 0 bridgehead atoms. The van der Waals surface area contributed by atoms with Crippen molar-refractivity contribution in [3.05, 3.63) is 35.4 Å². The molecular weight excluding hydrogens is 350 g/mol. The van der Waals surface area contributed by atoms with Crippen LogP contribution in [0, 0.1) is 5.92 Å². The summed E-state index contributed by atoms with van der Waals surface area (Å²) >= 11 is 0. The van der Waals surface area contributed by atoms with Crippen LogP contribution >= 0.6 is 0 Å². The van der Waals surface area contributed by atoms with Crippen molar-refractivity contribution in [3.63, 3.8) is 0 Å². The maximum Gasteiger partial charge on any atom is 0.254 e. The number of hydrogen-bond acceptors (Lipinski definition) is 5. The Labute approximate surface area is 156 Å². The first-order valence-corrected chi connectivity index (χ1v) is 11.2. The maximum atomic E-state index is 13.0. The first-order chi connectivity index (χ1) is 12.4. The SMILES string of the molecule is CC1CCN(C(=O)c2cccc(CN3CCS(=O)(=O)CC3)c2)C(CN)C1. The number of sulfone groups is 1. The molecule has 0 radical (unpaired) electrons. The van der Waals surface area contributed by atoms with Gasteiger partial charge < -0.3 is 10.6 Å². The molecular formula is C19H29N3O3S. The Hall–Kier alpha value is -1.44. The van der Waals surface area contributed by atoms with Gasteiger partial charge in [0.15, 0.2) is 9.84 Å². The lowest BCUT2D eigenvalue weighted by Crippen LogP contribution is -2.49. The third-order valence-electron chi connectivity index (χ3n) is 5.53. The minimum atomic E-state index is -2.87. The van der Waals surface area contributed by atoms with Crippen LogP contribution in [0.15, 0.2) is 24.3 Å². The lowest BCUT2D eigenvalue weighted by Gasteiger charge is -2.38. The molecule has 2 heterocycles. The largest absolute Gasteiger partial charge is 0.334 e. The zero-order valence-electron chi connectivity index (χ0n) is 15.4. The maximum absolute atomic E-state index is 13.0. The molecule has 1 aromatic carbocycles. The van der Waals surface area contributed by atoms with Gasteiger partial charge in [0.2, 0.25) is 0 Å². The second kappa shape index (κ2) is 8.06. The average molecular weight is 380 g/mol. The van der Waals surface area contributed by atoms with E-state index in [0.717, 1.165) is 24.9 Å². The quantitative estimate of drug-likeness (QED) is 0.847. The molecule has 6 nitrogen and oxygen atoms in total. The number of nitrogens with zero attached hydrogens (tertiary/aromatic N) is 2. The monoisotopic (exact) mass is 379 g/mol. The van der Waals surface area contributed by atoms with Crippen molar-refractivity contribution in [2.75, 3.05) is 37.7 Å². The standard InChI is InChI=1S/C19H29N3O3S/c1-15-5-6-22(18(11-15)13-20)19(23)17-4-2-3-16(12-17)14-21-7-9-26(24,25)10-8-21/h2-4,12,15,18H,5-11,13-14,20H2,1H3. The smallest absolute Gasteiger partial charge is 0.254 e. The van der Waals surface area contributed by atoms with Gasteiger partial charge in [0.25, 0.3) is 5.91 Å². The van der Waals surface area contributed by atoms with E-state index in [2.05, 4.69) is 11.8 Å². The van der Waals surface area contributed by atoms with E-state index in [-0.39, 0.29) is 23.5 Å². The van der Waals surface area contributed by atoms with Gasteiger partial charge in [0, 0.05) is 44.3 Å². The Morgan fingerprint density at radius 1 is 1.23 bits per heavy atom. The third kappa shape index (κ3) is 4.64. The van der Waals surface area contributed by atoms with E-state index in [0.29, 0.717) is 37.7 Å². The molecule has 2 unspecified atom stereocenters. The van der Waals surface area contributed by atoms with Gasteiger partial charge in [-0.2, -0.15) is 0 Å². The summed E-state index contributed by atoms with van der Waals surface area (Å²) in [6.07, 6.45) is 1.98. The molecule has 1 amide bonds. The van der Waals surface area contributed by atoms with Gasteiger partial charge in [-0.1, -0.05) is 19.1 Å². The van der Waals surface area contributed by atoms with Crippen molar-refractivity contribution in [1.82, 2.24) is 9.80 Å². The molecule has 7 heteroatoms. The molecule has 2 fully saturated rings. The van der Waals surface area contributed by atoms with Crippen molar-refractivity contribution in [2.24, 2.45) is 11.7 Å². The Bertz CT molecular complexity index is 736. The fourth-order valence-corrected chi connectivity index (χ4v) is 5.15. The summed E-state index contributed by atoms with van der Waals surface area (Å²) in [5, 5.41) is 0. The molecule has 2 aliphatic rings. The normalized spacial score (nSPS) is 26.6. The van der Waals surface area contributed by atoms with E-state index >= 15 is 0 Å². The van der Waals surface area contributed by atoms with Crippen LogP contribution in [0.3, 0.4) is 0 Å². The summed E-state index contributed by atoms with van der Waals surface area (Å²) < 4.78 is 23.1. The van der Waals surface area contributed by atoms with E-state index in [9.17, 15) is 13.2 Å². The number of likely N-dealkylation sites (tertiary alicyclic amines) is 1. The summed E-state index contributed by atoms with van der Waals surface area (Å²) in [6.45, 7) is 5.26. The van der Waals surface area contributed by atoms with Crippen LogP contribution in [0.2, 0.25) is 0 Å². The van der Waals surface area contributed by atoms with Crippen LogP contribution in [0.25, 0.3) is 0 Å². The Balaban J connectivity index is 1.68. The molecule has 2 saturated heterocycles. The molecule has 2 aliphatic heterocycles. The molecule has 2 atom stereocenters. The van der Waals surface area contributed by atoms with Crippen LogP contribution in [-0.4, -0.2) is 67.9 Å². The van der Waals surface area contributed by atoms with Crippen LogP contribution < -0.4 is 5.73 Å². The van der Waals surface area contributed by atoms with Crippen LogP contribution in [0.5, 0.6) is 0 Å². The zero-order valence-corrected chi connectivity index (χ0v) is 16.2. The summed E-state index contributed by atoms with van der Waals surface area (Å²) in [7, 11) is -2.87. The minimum Gasteiger partial charge on any atom is -0.334 e. The minimum absolute atomic E-state index is 0.0513. The number of carbonyl (C=O) groups excluding carboxylic acids is 1. The van der Waals surface area contributed by atoms with Gasteiger partial charge in [-0.3, -0.25) is 9.69 Å². The van der Waals surface area contributed by atoms with Crippen molar-refractivity contribution in [2.45, 2.75) is 32.4 Å². The highest BCUT2D eigenvalue weighted by atomic mass is 32.2. The second-order valence-corrected chi connectivity index (χ2v) is 9.95. The van der Waals surface area contributed by atoms with Crippen molar-refractivity contribution in [3.8, 4) is 0 Å². The molecule has 0 spiro atoms. The number of hydrogen-bond donors (Lipinski definition) is 1. The van der Waals surface area contributed by atoms with E-state index in [1.165, 1.54) is 0 Å². The molecule has 26 heavy (non-hydrogen) atoms.